The lowest BCUT2D eigenvalue weighted by Crippen LogP contribution is -2.07. The Morgan fingerprint density at radius 3 is 2.53 bits per heavy atom. The van der Waals surface area contributed by atoms with E-state index in [2.05, 4.69) is 11.9 Å². The van der Waals surface area contributed by atoms with Crippen molar-refractivity contribution in [3.63, 3.8) is 0 Å². The molecule has 0 radical (unpaired) electrons. The number of hydrogen-bond acceptors (Lipinski definition) is 3. The van der Waals surface area contributed by atoms with E-state index >= 15 is 0 Å². The van der Waals surface area contributed by atoms with E-state index in [0.29, 0.717) is 16.9 Å². The fraction of sp³-hybridized carbons (Fsp3) is 0.143. The van der Waals surface area contributed by atoms with Gasteiger partial charge in [-0.05, 0) is 24.1 Å². The van der Waals surface area contributed by atoms with Crippen molar-refractivity contribution in [3.05, 3.63) is 59.4 Å². The number of nitrogen functional groups attached to an aromatic ring is 1. The SMILES string of the molecule is CCc1ccc(C(=O)c2ncccc2N)cc1. The summed E-state index contributed by atoms with van der Waals surface area (Å²) in [6.07, 6.45) is 2.53. The molecule has 0 saturated carbocycles. The molecule has 0 saturated heterocycles. The first-order valence-corrected chi connectivity index (χ1v) is 5.56. The normalized spacial score (nSPS) is 10.2. The standard InChI is InChI=1S/C14H14N2O/c1-2-10-5-7-11(8-6-10)14(17)13-12(15)4-3-9-16-13/h3-9H,2,15H2,1H3. The minimum absolute atomic E-state index is 0.134. The monoisotopic (exact) mass is 226 g/mol. The van der Waals surface area contributed by atoms with Crippen LogP contribution in [-0.2, 0) is 6.42 Å². The van der Waals surface area contributed by atoms with Gasteiger partial charge in [0.2, 0.25) is 5.78 Å². The van der Waals surface area contributed by atoms with Crippen molar-refractivity contribution in [1.82, 2.24) is 4.98 Å². The highest BCUT2D eigenvalue weighted by atomic mass is 16.1. The second-order valence-electron chi connectivity index (χ2n) is 3.82. The smallest absolute Gasteiger partial charge is 0.213 e. The molecule has 3 nitrogen and oxygen atoms in total. The quantitative estimate of drug-likeness (QED) is 0.818. The lowest BCUT2D eigenvalue weighted by Gasteiger charge is -2.04. The molecule has 86 valence electrons. The summed E-state index contributed by atoms with van der Waals surface area (Å²) in [5, 5.41) is 0. The number of anilines is 1. The van der Waals surface area contributed by atoms with Crippen LogP contribution in [0.3, 0.4) is 0 Å². The number of carbonyl (C=O) groups excluding carboxylic acids is 1. The van der Waals surface area contributed by atoms with Gasteiger partial charge in [0.25, 0.3) is 0 Å². The van der Waals surface area contributed by atoms with Crippen LogP contribution in [0.1, 0.15) is 28.5 Å². The molecular weight excluding hydrogens is 212 g/mol. The number of benzene rings is 1. The highest BCUT2D eigenvalue weighted by Gasteiger charge is 2.12. The van der Waals surface area contributed by atoms with Crippen molar-refractivity contribution in [2.24, 2.45) is 0 Å². The lowest BCUT2D eigenvalue weighted by molar-refractivity contribution is 0.103. The molecule has 1 aromatic carbocycles. The first kappa shape index (κ1) is 11.3. The Morgan fingerprint density at radius 1 is 1.24 bits per heavy atom. The topological polar surface area (TPSA) is 56.0 Å². The summed E-state index contributed by atoms with van der Waals surface area (Å²) in [6.45, 7) is 2.08. The number of aromatic nitrogens is 1. The average molecular weight is 226 g/mol. The molecule has 2 aromatic rings. The summed E-state index contributed by atoms with van der Waals surface area (Å²) in [6, 6.07) is 10.9. The number of hydrogen-bond donors (Lipinski definition) is 1. The van der Waals surface area contributed by atoms with Gasteiger partial charge < -0.3 is 5.73 Å². The van der Waals surface area contributed by atoms with E-state index < -0.39 is 0 Å². The Morgan fingerprint density at radius 2 is 1.94 bits per heavy atom. The predicted octanol–water partition coefficient (Wildman–Crippen LogP) is 2.46. The van der Waals surface area contributed by atoms with Gasteiger partial charge in [-0.15, -0.1) is 0 Å². The Kier molecular flexibility index (Phi) is 3.19. The highest BCUT2D eigenvalue weighted by Crippen LogP contribution is 2.14. The molecule has 3 heteroatoms. The summed E-state index contributed by atoms with van der Waals surface area (Å²) >= 11 is 0. The Bertz CT molecular complexity index is 532. The van der Waals surface area contributed by atoms with Crippen LogP contribution in [-0.4, -0.2) is 10.8 Å². The van der Waals surface area contributed by atoms with Crippen molar-refractivity contribution >= 4 is 11.5 Å². The number of pyridine rings is 1. The molecule has 1 heterocycles. The van der Waals surface area contributed by atoms with Crippen molar-refractivity contribution in [2.45, 2.75) is 13.3 Å². The largest absolute Gasteiger partial charge is 0.397 e. The van der Waals surface area contributed by atoms with E-state index in [9.17, 15) is 4.79 Å². The number of ketones is 1. The fourth-order valence-corrected chi connectivity index (χ4v) is 1.64. The van der Waals surface area contributed by atoms with Gasteiger partial charge in [-0.1, -0.05) is 31.2 Å². The first-order valence-electron chi connectivity index (χ1n) is 5.56. The maximum atomic E-state index is 12.1. The van der Waals surface area contributed by atoms with Crippen LogP contribution < -0.4 is 5.73 Å². The van der Waals surface area contributed by atoms with E-state index in [1.807, 2.05) is 24.3 Å². The average Bonchev–Trinajstić information content (AvgIpc) is 2.39. The van der Waals surface area contributed by atoms with Gasteiger partial charge in [0.1, 0.15) is 5.69 Å². The maximum Gasteiger partial charge on any atom is 0.213 e. The van der Waals surface area contributed by atoms with Crippen LogP contribution in [0.25, 0.3) is 0 Å². The Hall–Kier alpha value is -2.16. The van der Waals surface area contributed by atoms with E-state index in [4.69, 9.17) is 5.73 Å². The van der Waals surface area contributed by atoms with E-state index in [1.54, 1.807) is 18.3 Å². The van der Waals surface area contributed by atoms with Crippen molar-refractivity contribution in [1.29, 1.82) is 0 Å². The van der Waals surface area contributed by atoms with Gasteiger partial charge in [0.05, 0.1) is 5.69 Å². The molecule has 2 rings (SSSR count). The number of rotatable bonds is 3. The molecule has 17 heavy (non-hydrogen) atoms. The summed E-state index contributed by atoms with van der Waals surface area (Å²) in [4.78, 5) is 16.1. The zero-order chi connectivity index (χ0) is 12.3. The van der Waals surface area contributed by atoms with Crippen LogP contribution in [0.15, 0.2) is 42.6 Å². The molecule has 0 spiro atoms. The van der Waals surface area contributed by atoms with Crippen LogP contribution in [0.2, 0.25) is 0 Å². The van der Waals surface area contributed by atoms with Crippen molar-refractivity contribution in [3.8, 4) is 0 Å². The van der Waals surface area contributed by atoms with E-state index in [1.165, 1.54) is 5.56 Å². The molecule has 0 unspecified atom stereocenters. The summed E-state index contributed by atoms with van der Waals surface area (Å²) < 4.78 is 0. The summed E-state index contributed by atoms with van der Waals surface area (Å²) in [7, 11) is 0. The minimum atomic E-state index is -0.134. The molecule has 1 aromatic heterocycles. The van der Waals surface area contributed by atoms with Gasteiger partial charge in [-0.25, -0.2) is 0 Å². The van der Waals surface area contributed by atoms with Crippen LogP contribution in [0, 0.1) is 0 Å². The second kappa shape index (κ2) is 4.78. The third-order valence-corrected chi connectivity index (χ3v) is 2.68. The molecular formula is C14H14N2O. The zero-order valence-corrected chi connectivity index (χ0v) is 9.68. The second-order valence-corrected chi connectivity index (χ2v) is 3.82. The number of carbonyl (C=O) groups is 1. The van der Waals surface area contributed by atoms with Gasteiger partial charge in [-0.2, -0.15) is 0 Å². The first-order chi connectivity index (χ1) is 8.22. The lowest BCUT2D eigenvalue weighted by atomic mass is 10.0. The molecule has 0 aliphatic rings. The molecule has 0 amide bonds. The predicted molar refractivity (Wildman–Crippen MR) is 67.9 cm³/mol. The number of nitrogens with zero attached hydrogens (tertiary/aromatic N) is 1. The van der Waals surface area contributed by atoms with E-state index in [0.717, 1.165) is 6.42 Å². The maximum absolute atomic E-state index is 12.1. The van der Waals surface area contributed by atoms with Crippen LogP contribution in [0.4, 0.5) is 5.69 Å². The van der Waals surface area contributed by atoms with E-state index in [-0.39, 0.29) is 5.78 Å². The number of nitrogens with two attached hydrogens (primary N) is 1. The van der Waals surface area contributed by atoms with Gasteiger partial charge in [0, 0.05) is 11.8 Å². The zero-order valence-electron chi connectivity index (χ0n) is 9.68. The van der Waals surface area contributed by atoms with Crippen LogP contribution in [0.5, 0.6) is 0 Å². The third kappa shape index (κ3) is 2.33. The molecule has 0 aliphatic heterocycles. The molecule has 0 fully saturated rings. The summed E-state index contributed by atoms with van der Waals surface area (Å²) in [5.41, 5.74) is 8.28. The van der Waals surface area contributed by atoms with Gasteiger partial charge in [-0.3, -0.25) is 9.78 Å². The fourth-order valence-electron chi connectivity index (χ4n) is 1.64. The van der Waals surface area contributed by atoms with Crippen LogP contribution >= 0.6 is 0 Å². The highest BCUT2D eigenvalue weighted by molar-refractivity contribution is 6.10. The number of aryl methyl sites for hydroxylation is 1. The van der Waals surface area contributed by atoms with Gasteiger partial charge in [0.15, 0.2) is 0 Å². The summed E-state index contributed by atoms with van der Waals surface area (Å²) in [5.74, 6) is -0.134. The molecule has 2 N–H and O–H groups in total. The Balaban J connectivity index is 2.34. The minimum Gasteiger partial charge on any atom is -0.397 e. The van der Waals surface area contributed by atoms with Crippen molar-refractivity contribution in [2.75, 3.05) is 5.73 Å². The van der Waals surface area contributed by atoms with Gasteiger partial charge >= 0.3 is 0 Å². The van der Waals surface area contributed by atoms with Crippen molar-refractivity contribution < 1.29 is 4.79 Å². The molecule has 0 aliphatic carbocycles. The molecule has 0 bridgehead atoms. The molecule has 0 atom stereocenters. The third-order valence-electron chi connectivity index (χ3n) is 2.68. The Labute approximate surface area is 100 Å².